The minimum absolute atomic E-state index is 0.0117. The summed E-state index contributed by atoms with van der Waals surface area (Å²) in [6.45, 7) is 11.3. The molecule has 0 aromatic heterocycles. The standard InChI is InChI=1S/C21H25Cl2N3O2/c1-6-11-28-18(7-2)19(13(3)4)26-20(24)14(5)21(27)25-12-15-16(22)9-8-10-17(15)23/h6-11H,5,12H2,1-4H3,(H2,24,26)(H,25,27)/b11-6-,18-7-. The molecule has 150 valence electrons. The number of hydrogen-bond acceptors (Lipinski definition) is 3. The molecule has 3 N–H and O–H groups in total. The van der Waals surface area contributed by atoms with Crippen molar-refractivity contribution in [1.82, 2.24) is 5.32 Å². The van der Waals surface area contributed by atoms with Crippen LogP contribution in [0, 0.1) is 0 Å². The number of hydrogen-bond donors (Lipinski definition) is 2. The zero-order valence-corrected chi connectivity index (χ0v) is 18.0. The zero-order valence-electron chi connectivity index (χ0n) is 16.5. The van der Waals surface area contributed by atoms with Crippen molar-refractivity contribution in [2.45, 2.75) is 34.2 Å². The first kappa shape index (κ1) is 23.5. The molecule has 7 heteroatoms. The lowest BCUT2D eigenvalue weighted by atomic mass is 10.2. The summed E-state index contributed by atoms with van der Waals surface area (Å²) in [5.41, 5.74) is 8.06. The highest BCUT2D eigenvalue weighted by Gasteiger charge is 2.15. The summed E-state index contributed by atoms with van der Waals surface area (Å²) in [7, 11) is 0. The van der Waals surface area contributed by atoms with Crippen molar-refractivity contribution in [1.29, 1.82) is 0 Å². The molecule has 0 saturated carbocycles. The molecule has 1 amide bonds. The first-order valence-electron chi connectivity index (χ1n) is 8.59. The largest absolute Gasteiger partial charge is 0.463 e. The predicted molar refractivity (Wildman–Crippen MR) is 117 cm³/mol. The SMILES string of the molecule is C=C(C(=O)NCc1c(Cl)cccc1Cl)C(N)=NC(=C(C)C)/C(=C/C)O/C=C\C. The van der Waals surface area contributed by atoms with Crippen molar-refractivity contribution in [2.75, 3.05) is 0 Å². The predicted octanol–water partition coefficient (Wildman–Crippen LogP) is 5.27. The number of carbonyl (C=O) groups is 1. The number of carbonyl (C=O) groups excluding carboxylic acids is 1. The van der Waals surface area contributed by atoms with Gasteiger partial charge in [0.05, 0.1) is 11.8 Å². The molecule has 0 fully saturated rings. The van der Waals surface area contributed by atoms with Gasteiger partial charge >= 0.3 is 0 Å². The number of aliphatic imine (C=N–C) groups is 1. The maximum absolute atomic E-state index is 12.4. The second-order valence-electron chi connectivity index (χ2n) is 5.95. The number of ether oxygens (including phenoxy) is 1. The van der Waals surface area contributed by atoms with Crippen molar-refractivity contribution < 1.29 is 9.53 Å². The number of nitrogens with zero attached hydrogens (tertiary/aromatic N) is 1. The number of allylic oxidation sites excluding steroid dienone is 3. The first-order valence-corrected chi connectivity index (χ1v) is 9.35. The summed E-state index contributed by atoms with van der Waals surface area (Å²) in [6.07, 6.45) is 5.06. The summed E-state index contributed by atoms with van der Waals surface area (Å²) in [6, 6.07) is 5.13. The molecule has 0 aliphatic rings. The monoisotopic (exact) mass is 421 g/mol. The van der Waals surface area contributed by atoms with Gasteiger partial charge in [0.15, 0.2) is 0 Å². The second kappa shape index (κ2) is 11.4. The molecular formula is C21H25Cl2N3O2. The van der Waals surface area contributed by atoms with Crippen molar-refractivity contribution in [3.8, 4) is 0 Å². The fourth-order valence-electron chi connectivity index (χ4n) is 2.10. The van der Waals surface area contributed by atoms with E-state index in [1.807, 2.05) is 27.7 Å². The molecule has 0 atom stereocenters. The van der Waals surface area contributed by atoms with E-state index in [1.165, 1.54) is 0 Å². The quantitative estimate of drug-likeness (QED) is 0.197. The van der Waals surface area contributed by atoms with Gasteiger partial charge in [0, 0.05) is 22.2 Å². The van der Waals surface area contributed by atoms with Crippen LogP contribution in [0.15, 0.2) is 70.8 Å². The fraction of sp³-hybridized carbons (Fsp3) is 0.238. The van der Waals surface area contributed by atoms with Crippen LogP contribution < -0.4 is 11.1 Å². The highest BCUT2D eigenvalue weighted by atomic mass is 35.5. The Morgan fingerprint density at radius 1 is 1.29 bits per heavy atom. The molecule has 0 radical (unpaired) electrons. The van der Waals surface area contributed by atoms with Crippen LogP contribution in [0.4, 0.5) is 0 Å². The van der Waals surface area contributed by atoms with Crippen molar-refractivity contribution in [2.24, 2.45) is 10.7 Å². The Balaban J connectivity index is 2.96. The first-order chi connectivity index (χ1) is 13.2. The van der Waals surface area contributed by atoms with E-state index >= 15 is 0 Å². The van der Waals surface area contributed by atoms with Gasteiger partial charge in [-0.25, -0.2) is 4.99 Å². The molecule has 1 aromatic rings. The van der Waals surface area contributed by atoms with E-state index in [4.69, 9.17) is 33.7 Å². The second-order valence-corrected chi connectivity index (χ2v) is 6.76. The Morgan fingerprint density at radius 3 is 2.39 bits per heavy atom. The summed E-state index contributed by atoms with van der Waals surface area (Å²) >= 11 is 12.2. The topological polar surface area (TPSA) is 76.7 Å². The molecule has 0 heterocycles. The van der Waals surface area contributed by atoms with Gasteiger partial charge in [-0.1, -0.05) is 41.9 Å². The Labute approximate surface area is 176 Å². The molecule has 1 rings (SSSR count). The number of amidine groups is 1. The van der Waals surface area contributed by atoms with Gasteiger partial charge in [0.25, 0.3) is 5.91 Å². The smallest absolute Gasteiger partial charge is 0.254 e. The third kappa shape index (κ3) is 6.59. The maximum Gasteiger partial charge on any atom is 0.254 e. The molecule has 0 unspecified atom stereocenters. The number of benzene rings is 1. The highest BCUT2D eigenvalue weighted by Crippen LogP contribution is 2.24. The van der Waals surface area contributed by atoms with Crippen molar-refractivity contribution in [3.05, 3.63) is 81.4 Å². The number of nitrogens with one attached hydrogen (secondary N) is 1. The summed E-state index contributed by atoms with van der Waals surface area (Å²) in [5.74, 6) is 0.0428. The molecule has 0 saturated heterocycles. The average molecular weight is 422 g/mol. The van der Waals surface area contributed by atoms with Crippen LogP contribution >= 0.6 is 23.2 Å². The number of amides is 1. The average Bonchev–Trinajstić information content (AvgIpc) is 2.65. The molecule has 0 bridgehead atoms. The summed E-state index contributed by atoms with van der Waals surface area (Å²) in [5, 5.41) is 3.63. The van der Waals surface area contributed by atoms with E-state index in [0.717, 1.165) is 5.57 Å². The van der Waals surface area contributed by atoms with Crippen LogP contribution in [0.2, 0.25) is 10.0 Å². The Morgan fingerprint density at radius 2 is 1.89 bits per heavy atom. The van der Waals surface area contributed by atoms with E-state index in [1.54, 1.807) is 36.6 Å². The van der Waals surface area contributed by atoms with Gasteiger partial charge < -0.3 is 15.8 Å². The highest BCUT2D eigenvalue weighted by molar-refractivity contribution is 6.36. The Kier molecular flexibility index (Phi) is 9.56. The normalized spacial score (nSPS) is 12.1. The van der Waals surface area contributed by atoms with Crippen LogP contribution in [-0.2, 0) is 16.1 Å². The van der Waals surface area contributed by atoms with E-state index < -0.39 is 5.91 Å². The van der Waals surface area contributed by atoms with E-state index in [0.29, 0.717) is 27.1 Å². The van der Waals surface area contributed by atoms with Gasteiger partial charge in [-0.05, 0) is 51.5 Å². The molecule has 1 aromatic carbocycles. The lowest BCUT2D eigenvalue weighted by molar-refractivity contribution is -0.117. The Bertz CT molecular complexity index is 844. The lowest BCUT2D eigenvalue weighted by Crippen LogP contribution is -2.31. The molecule has 0 spiro atoms. The number of nitrogens with two attached hydrogens (primary N) is 1. The minimum Gasteiger partial charge on any atom is -0.463 e. The number of halogens is 2. The summed E-state index contributed by atoms with van der Waals surface area (Å²) < 4.78 is 5.54. The van der Waals surface area contributed by atoms with Gasteiger partial charge in [0.1, 0.15) is 17.3 Å². The van der Waals surface area contributed by atoms with E-state index in [-0.39, 0.29) is 18.0 Å². The molecular weight excluding hydrogens is 397 g/mol. The summed E-state index contributed by atoms with van der Waals surface area (Å²) in [4.78, 5) is 16.8. The maximum atomic E-state index is 12.4. The van der Waals surface area contributed by atoms with Gasteiger partial charge in [-0.15, -0.1) is 0 Å². The van der Waals surface area contributed by atoms with E-state index in [9.17, 15) is 4.79 Å². The fourth-order valence-corrected chi connectivity index (χ4v) is 2.63. The van der Waals surface area contributed by atoms with Crippen molar-refractivity contribution >= 4 is 34.9 Å². The third-order valence-corrected chi connectivity index (χ3v) is 4.31. The van der Waals surface area contributed by atoms with Gasteiger partial charge in [-0.2, -0.15) is 0 Å². The van der Waals surface area contributed by atoms with Crippen LogP contribution in [-0.4, -0.2) is 11.7 Å². The molecule has 5 nitrogen and oxygen atoms in total. The Hall–Kier alpha value is -2.50. The van der Waals surface area contributed by atoms with Gasteiger partial charge in [0.2, 0.25) is 0 Å². The van der Waals surface area contributed by atoms with Crippen LogP contribution in [0.25, 0.3) is 0 Å². The zero-order chi connectivity index (χ0) is 21.3. The molecule has 0 aliphatic heterocycles. The lowest BCUT2D eigenvalue weighted by Gasteiger charge is -2.12. The third-order valence-electron chi connectivity index (χ3n) is 3.60. The molecule has 0 aliphatic carbocycles. The number of rotatable bonds is 8. The van der Waals surface area contributed by atoms with Crippen LogP contribution in [0.3, 0.4) is 0 Å². The van der Waals surface area contributed by atoms with Crippen molar-refractivity contribution in [3.63, 3.8) is 0 Å². The molecule has 28 heavy (non-hydrogen) atoms. The van der Waals surface area contributed by atoms with Crippen LogP contribution in [0.5, 0.6) is 0 Å². The minimum atomic E-state index is -0.471. The van der Waals surface area contributed by atoms with Crippen LogP contribution in [0.1, 0.15) is 33.3 Å². The van der Waals surface area contributed by atoms with Gasteiger partial charge in [-0.3, -0.25) is 4.79 Å². The van der Waals surface area contributed by atoms with E-state index in [2.05, 4.69) is 16.9 Å².